The van der Waals surface area contributed by atoms with Gasteiger partial charge in [0.15, 0.2) is 0 Å². The summed E-state index contributed by atoms with van der Waals surface area (Å²) in [5.74, 6) is -0.200. The molecule has 172 valence electrons. The van der Waals surface area contributed by atoms with Crippen LogP contribution in [-0.2, 0) is 34.1 Å². The van der Waals surface area contributed by atoms with Crippen molar-refractivity contribution in [3.63, 3.8) is 0 Å². The summed E-state index contributed by atoms with van der Waals surface area (Å²) in [4.78, 5) is 13.0. The molecule has 1 saturated heterocycles. The van der Waals surface area contributed by atoms with Crippen LogP contribution in [0.15, 0.2) is 48.5 Å². The number of hydrogen-bond donors (Lipinski definition) is 1. The van der Waals surface area contributed by atoms with E-state index in [9.17, 15) is 13.2 Å². The van der Waals surface area contributed by atoms with Gasteiger partial charge in [-0.15, -0.1) is 0 Å². The van der Waals surface area contributed by atoms with Crippen LogP contribution >= 0.6 is 0 Å². The first-order valence-corrected chi connectivity index (χ1v) is 13.5. The molecule has 1 N–H and O–H groups in total. The predicted molar refractivity (Wildman–Crippen MR) is 128 cm³/mol. The number of carbonyl (C=O) groups is 1. The highest BCUT2D eigenvalue weighted by atomic mass is 32.2. The maximum Gasteiger partial charge on any atom is 0.224 e. The predicted octanol–water partition coefficient (Wildman–Crippen LogP) is 4.03. The first-order chi connectivity index (χ1) is 15.4. The Balaban J connectivity index is 1.31. The summed E-state index contributed by atoms with van der Waals surface area (Å²) in [5.41, 5.74) is 5.10. The number of carbonyl (C=O) groups excluding carboxylic acids is 1. The minimum Gasteiger partial charge on any atom is -0.349 e. The van der Waals surface area contributed by atoms with Crippen molar-refractivity contribution in [3.8, 4) is 0 Å². The van der Waals surface area contributed by atoms with E-state index in [1.165, 1.54) is 21.9 Å². The molecule has 1 fully saturated rings. The second-order valence-corrected chi connectivity index (χ2v) is 11.3. The van der Waals surface area contributed by atoms with Gasteiger partial charge in [-0.05, 0) is 74.1 Å². The highest BCUT2D eigenvalue weighted by Gasteiger charge is 2.32. The minimum atomic E-state index is -3.35. The van der Waals surface area contributed by atoms with Crippen LogP contribution in [0.3, 0.4) is 0 Å². The van der Waals surface area contributed by atoms with Crippen LogP contribution < -0.4 is 5.32 Å². The number of hydrogen-bond acceptors (Lipinski definition) is 3. The fraction of sp³-hybridized carbons (Fsp3) is 0.500. The second kappa shape index (κ2) is 10.2. The Hall–Kier alpha value is -2.18. The molecular formula is C26H34N2O3S. The number of rotatable bonds is 8. The van der Waals surface area contributed by atoms with Gasteiger partial charge in [-0.25, -0.2) is 12.7 Å². The number of aryl methyl sites for hydroxylation is 3. The number of sulfonamides is 1. The quantitative estimate of drug-likeness (QED) is 0.655. The molecule has 1 aliphatic carbocycles. The molecule has 4 rings (SSSR count). The average Bonchev–Trinajstić information content (AvgIpc) is 3.28. The van der Waals surface area contributed by atoms with E-state index in [0.29, 0.717) is 13.0 Å². The molecule has 6 heteroatoms. The van der Waals surface area contributed by atoms with Crippen LogP contribution in [0, 0.1) is 5.92 Å². The summed E-state index contributed by atoms with van der Waals surface area (Å²) in [6, 6.07) is 16.4. The van der Waals surface area contributed by atoms with Crippen molar-refractivity contribution in [1.82, 2.24) is 9.62 Å². The topological polar surface area (TPSA) is 66.5 Å². The Labute approximate surface area is 192 Å². The number of benzene rings is 2. The molecular weight excluding hydrogens is 420 g/mol. The molecule has 1 amide bonds. The number of nitrogens with one attached hydrogen (secondary N) is 1. The van der Waals surface area contributed by atoms with Crippen molar-refractivity contribution < 1.29 is 13.2 Å². The van der Waals surface area contributed by atoms with Crippen LogP contribution in [0.5, 0.6) is 0 Å². The van der Waals surface area contributed by atoms with Gasteiger partial charge in [-0.3, -0.25) is 4.79 Å². The van der Waals surface area contributed by atoms with Crippen molar-refractivity contribution in [2.75, 3.05) is 18.8 Å². The van der Waals surface area contributed by atoms with Crippen LogP contribution in [0.2, 0.25) is 0 Å². The Morgan fingerprint density at radius 3 is 2.69 bits per heavy atom. The van der Waals surface area contributed by atoms with E-state index in [1.54, 1.807) is 0 Å². The maximum atomic E-state index is 13.0. The Morgan fingerprint density at radius 2 is 1.88 bits per heavy atom. The summed E-state index contributed by atoms with van der Waals surface area (Å²) in [6.07, 6.45) is 6.27. The van der Waals surface area contributed by atoms with Crippen LogP contribution in [0.25, 0.3) is 0 Å². The normalized spacial score (nSPS) is 20.0. The van der Waals surface area contributed by atoms with Crippen molar-refractivity contribution >= 4 is 15.9 Å². The lowest BCUT2D eigenvalue weighted by molar-refractivity contribution is -0.126. The molecule has 0 saturated carbocycles. The van der Waals surface area contributed by atoms with Gasteiger partial charge < -0.3 is 5.32 Å². The van der Waals surface area contributed by atoms with Gasteiger partial charge in [0.05, 0.1) is 17.7 Å². The molecule has 0 unspecified atom stereocenters. The summed E-state index contributed by atoms with van der Waals surface area (Å²) in [7, 11) is -3.35. The molecule has 5 nitrogen and oxygen atoms in total. The average molecular weight is 455 g/mol. The number of nitrogens with zero attached hydrogens (tertiary/aromatic N) is 1. The molecule has 2 aromatic carbocycles. The number of piperidine rings is 1. The lowest BCUT2D eigenvalue weighted by Crippen LogP contribution is -2.46. The zero-order valence-corrected chi connectivity index (χ0v) is 19.7. The lowest BCUT2D eigenvalue weighted by Gasteiger charge is -2.32. The van der Waals surface area contributed by atoms with E-state index in [0.717, 1.165) is 43.2 Å². The van der Waals surface area contributed by atoms with Gasteiger partial charge in [0.25, 0.3) is 0 Å². The van der Waals surface area contributed by atoms with E-state index in [4.69, 9.17) is 0 Å². The summed E-state index contributed by atoms with van der Waals surface area (Å²) in [6.45, 7) is 2.81. The van der Waals surface area contributed by atoms with Crippen molar-refractivity contribution in [3.05, 3.63) is 70.8 Å². The summed E-state index contributed by atoms with van der Waals surface area (Å²) in [5, 5.41) is 3.13. The van der Waals surface area contributed by atoms with Gasteiger partial charge in [0.1, 0.15) is 0 Å². The Morgan fingerprint density at radius 1 is 1.09 bits per heavy atom. The van der Waals surface area contributed by atoms with Crippen LogP contribution in [0.4, 0.5) is 0 Å². The summed E-state index contributed by atoms with van der Waals surface area (Å²) >= 11 is 0. The highest BCUT2D eigenvalue weighted by Crippen LogP contribution is 2.26. The van der Waals surface area contributed by atoms with E-state index >= 15 is 0 Å². The third-order valence-electron chi connectivity index (χ3n) is 6.84. The molecule has 32 heavy (non-hydrogen) atoms. The molecule has 0 bridgehead atoms. The van der Waals surface area contributed by atoms with E-state index < -0.39 is 10.0 Å². The van der Waals surface area contributed by atoms with Crippen molar-refractivity contribution in [2.45, 2.75) is 57.9 Å². The SMILES string of the molecule is C[C@H](NC(=O)[C@@H]1CCCN(S(=O)(=O)CCCc2ccccc2)C1)c1ccc2c(c1)CCC2. The fourth-order valence-corrected chi connectivity index (χ4v) is 6.50. The van der Waals surface area contributed by atoms with Gasteiger partial charge >= 0.3 is 0 Å². The molecule has 2 aromatic rings. The number of fused-ring (bicyclic) bond motifs is 1. The Kier molecular flexibility index (Phi) is 7.31. The molecule has 2 atom stereocenters. The van der Waals surface area contributed by atoms with Gasteiger partial charge in [0.2, 0.25) is 15.9 Å². The van der Waals surface area contributed by atoms with Crippen LogP contribution in [0.1, 0.15) is 60.9 Å². The van der Waals surface area contributed by atoms with Gasteiger partial charge in [-0.1, -0.05) is 48.5 Å². The van der Waals surface area contributed by atoms with Crippen molar-refractivity contribution in [2.24, 2.45) is 5.92 Å². The maximum absolute atomic E-state index is 13.0. The monoisotopic (exact) mass is 454 g/mol. The van der Waals surface area contributed by atoms with E-state index in [2.05, 4.69) is 23.5 Å². The van der Waals surface area contributed by atoms with Crippen molar-refractivity contribution in [1.29, 1.82) is 0 Å². The van der Waals surface area contributed by atoms with Gasteiger partial charge in [0, 0.05) is 13.1 Å². The molecule has 0 spiro atoms. The first kappa shape index (κ1) is 23.0. The molecule has 1 aliphatic heterocycles. The van der Waals surface area contributed by atoms with E-state index in [1.807, 2.05) is 37.3 Å². The molecule has 1 heterocycles. The van der Waals surface area contributed by atoms with Gasteiger partial charge in [-0.2, -0.15) is 0 Å². The zero-order valence-electron chi connectivity index (χ0n) is 18.9. The number of amides is 1. The van der Waals surface area contributed by atoms with Crippen LogP contribution in [-0.4, -0.2) is 37.5 Å². The summed E-state index contributed by atoms with van der Waals surface area (Å²) < 4.78 is 27.3. The third kappa shape index (κ3) is 5.59. The minimum absolute atomic E-state index is 0.0396. The fourth-order valence-electron chi connectivity index (χ4n) is 4.92. The third-order valence-corrected chi connectivity index (χ3v) is 8.76. The Bertz CT molecular complexity index is 1040. The zero-order chi connectivity index (χ0) is 22.6. The van der Waals surface area contributed by atoms with E-state index in [-0.39, 0.29) is 30.2 Å². The molecule has 0 radical (unpaired) electrons. The lowest BCUT2D eigenvalue weighted by atomic mass is 9.97. The molecule has 0 aromatic heterocycles. The smallest absolute Gasteiger partial charge is 0.224 e. The first-order valence-electron chi connectivity index (χ1n) is 11.9. The second-order valence-electron chi connectivity index (χ2n) is 9.21. The molecule has 2 aliphatic rings. The largest absolute Gasteiger partial charge is 0.349 e. The highest BCUT2D eigenvalue weighted by molar-refractivity contribution is 7.89. The standard InChI is InChI=1S/C26H34N2O3S/c1-20(23-15-14-22-11-5-12-24(22)18-23)27-26(29)25-13-6-16-28(19-25)32(30,31)17-7-10-21-8-3-2-4-9-21/h2-4,8-9,14-15,18,20,25H,5-7,10-13,16-17,19H2,1H3,(H,27,29)/t20-,25+/m0/s1.